The molecule has 0 bridgehead atoms. The van der Waals surface area contributed by atoms with Crippen LogP contribution in [-0.2, 0) is 0 Å². The lowest BCUT2D eigenvalue weighted by Crippen LogP contribution is -2.29. The van der Waals surface area contributed by atoms with Crippen molar-refractivity contribution in [3.05, 3.63) is 22.9 Å². The molecule has 0 radical (unpaired) electrons. The highest BCUT2D eigenvalue weighted by Crippen LogP contribution is 2.32. The Morgan fingerprint density at radius 2 is 2.47 bits per heavy atom. The van der Waals surface area contributed by atoms with Crippen molar-refractivity contribution in [3.63, 3.8) is 0 Å². The number of halogens is 1. The first-order valence-corrected chi connectivity index (χ1v) is 6.48. The van der Waals surface area contributed by atoms with E-state index in [-0.39, 0.29) is 0 Å². The maximum atomic E-state index is 4.11. The van der Waals surface area contributed by atoms with E-state index in [1.807, 2.05) is 12.4 Å². The average Bonchev–Trinajstić information content (AvgIpc) is 2.67. The minimum Gasteiger partial charge on any atom is -0.368 e. The molecule has 2 heterocycles. The summed E-state index contributed by atoms with van der Waals surface area (Å²) in [6, 6.07) is 2.84. The third-order valence-electron chi connectivity index (χ3n) is 3.06. The fraction of sp³-hybridized carbons (Fsp3) is 0.583. The molecule has 3 heteroatoms. The van der Waals surface area contributed by atoms with Crippen LogP contribution in [0.25, 0.3) is 0 Å². The quantitative estimate of drug-likeness (QED) is 0.833. The predicted octanol–water partition coefficient (Wildman–Crippen LogP) is 3.61. The van der Waals surface area contributed by atoms with Gasteiger partial charge in [-0.3, -0.25) is 4.98 Å². The van der Waals surface area contributed by atoms with Gasteiger partial charge >= 0.3 is 0 Å². The Kier molecular flexibility index (Phi) is 3.62. The summed E-state index contributed by atoms with van der Waals surface area (Å²) >= 11 is 3.58. The molecule has 82 valence electrons. The molecule has 1 saturated heterocycles. The molecule has 15 heavy (non-hydrogen) atoms. The summed E-state index contributed by atoms with van der Waals surface area (Å²) in [4.78, 5) is 6.64. The van der Waals surface area contributed by atoms with Gasteiger partial charge in [0, 0.05) is 25.0 Å². The number of hydrogen-bond donors (Lipinski definition) is 0. The van der Waals surface area contributed by atoms with Crippen LogP contribution in [0.5, 0.6) is 0 Å². The van der Waals surface area contributed by atoms with Gasteiger partial charge in [0.25, 0.3) is 0 Å². The zero-order chi connectivity index (χ0) is 10.7. The first-order valence-electron chi connectivity index (χ1n) is 5.69. The fourth-order valence-corrected chi connectivity index (χ4v) is 2.87. The molecule has 0 amide bonds. The van der Waals surface area contributed by atoms with Crippen molar-refractivity contribution < 1.29 is 0 Å². The average molecular weight is 269 g/mol. The van der Waals surface area contributed by atoms with Gasteiger partial charge in [-0.25, -0.2) is 0 Å². The van der Waals surface area contributed by atoms with Crippen LogP contribution >= 0.6 is 15.9 Å². The molecule has 1 fully saturated rings. The molecule has 1 aliphatic heterocycles. The van der Waals surface area contributed by atoms with Gasteiger partial charge < -0.3 is 4.90 Å². The zero-order valence-electron chi connectivity index (χ0n) is 9.12. The maximum absolute atomic E-state index is 4.11. The molecule has 1 unspecified atom stereocenters. The van der Waals surface area contributed by atoms with Crippen LogP contribution in [0.1, 0.15) is 32.6 Å². The number of aromatic nitrogens is 1. The topological polar surface area (TPSA) is 16.1 Å². The summed E-state index contributed by atoms with van der Waals surface area (Å²) in [5.41, 5.74) is 1.31. The van der Waals surface area contributed by atoms with Gasteiger partial charge in [-0.2, -0.15) is 0 Å². The summed E-state index contributed by atoms with van der Waals surface area (Å²) in [5.74, 6) is 0. The maximum Gasteiger partial charge on any atom is 0.0592 e. The highest BCUT2D eigenvalue weighted by molar-refractivity contribution is 9.10. The Morgan fingerprint density at radius 1 is 1.60 bits per heavy atom. The first-order chi connectivity index (χ1) is 7.33. The molecule has 0 spiro atoms. The lowest BCUT2D eigenvalue weighted by atomic mass is 10.1. The van der Waals surface area contributed by atoms with Crippen molar-refractivity contribution in [2.45, 2.75) is 38.6 Å². The van der Waals surface area contributed by atoms with E-state index in [1.54, 1.807) is 0 Å². The van der Waals surface area contributed by atoms with Gasteiger partial charge in [0.05, 0.1) is 10.2 Å². The number of pyridine rings is 1. The van der Waals surface area contributed by atoms with Crippen LogP contribution in [0, 0.1) is 0 Å². The van der Waals surface area contributed by atoms with Gasteiger partial charge in [0.15, 0.2) is 0 Å². The molecule has 0 N–H and O–H groups in total. The molecular weight excluding hydrogens is 252 g/mol. The van der Waals surface area contributed by atoms with Crippen molar-refractivity contribution >= 4 is 21.6 Å². The fourth-order valence-electron chi connectivity index (χ4n) is 2.39. The van der Waals surface area contributed by atoms with Crippen molar-refractivity contribution in [1.82, 2.24) is 4.98 Å². The SMILES string of the molecule is CCCC1CCCN1c1ccncc1Br. The zero-order valence-corrected chi connectivity index (χ0v) is 10.7. The predicted molar refractivity (Wildman–Crippen MR) is 67.2 cm³/mol. The molecule has 1 aromatic rings. The molecule has 1 aromatic heterocycles. The first kappa shape index (κ1) is 10.9. The molecule has 1 atom stereocenters. The Hall–Kier alpha value is -0.570. The lowest BCUT2D eigenvalue weighted by Gasteiger charge is -2.27. The van der Waals surface area contributed by atoms with Crippen molar-refractivity contribution in [2.24, 2.45) is 0 Å². The van der Waals surface area contributed by atoms with E-state index in [0.717, 1.165) is 10.5 Å². The summed E-state index contributed by atoms with van der Waals surface area (Å²) in [6.07, 6.45) is 8.98. The lowest BCUT2D eigenvalue weighted by molar-refractivity contribution is 0.599. The second-order valence-electron chi connectivity index (χ2n) is 4.11. The molecule has 1 aliphatic rings. The molecule has 2 rings (SSSR count). The standard InChI is InChI=1S/C12H17BrN2/c1-2-4-10-5-3-8-15(10)12-6-7-14-9-11(12)13/h6-7,9-10H,2-5,8H2,1H3. The van der Waals surface area contributed by atoms with Crippen LogP contribution < -0.4 is 4.90 Å². The Bertz CT molecular complexity index is 327. The van der Waals surface area contributed by atoms with Crippen molar-refractivity contribution in [1.29, 1.82) is 0 Å². The van der Waals surface area contributed by atoms with Gasteiger partial charge in [0.1, 0.15) is 0 Å². The summed E-state index contributed by atoms with van der Waals surface area (Å²) in [7, 11) is 0. The third-order valence-corrected chi connectivity index (χ3v) is 3.67. The Balaban J connectivity index is 2.19. The number of hydrogen-bond acceptors (Lipinski definition) is 2. The van der Waals surface area contributed by atoms with Crippen molar-refractivity contribution in [2.75, 3.05) is 11.4 Å². The van der Waals surface area contributed by atoms with E-state index in [2.05, 4.69) is 38.8 Å². The number of rotatable bonds is 3. The minimum absolute atomic E-state index is 0.730. The van der Waals surface area contributed by atoms with E-state index in [0.29, 0.717) is 0 Å². The van der Waals surface area contributed by atoms with Gasteiger partial charge in [0.2, 0.25) is 0 Å². The van der Waals surface area contributed by atoms with Gasteiger partial charge in [-0.1, -0.05) is 13.3 Å². The van der Waals surface area contributed by atoms with Crippen LogP contribution in [-0.4, -0.2) is 17.6 Å². The molecule has 0 aromatic carbocycles. The third kappa shape index (κ3) is 2.33. The van der Waals surface area contributed by atoms with Crippen molar-refractivity contribution in [3.8, 4) is 0 Å². The summed E-state index contributed by atoms with van der Waals surface area (Å²) < 4.78 is 1.12. The monoisotopic (exact) mass is 268 g/mol. The van der Waals surface area contributed by atoms with Crippen LogP contribution in [0.4, 0.5) is 5.69 Å². The van der Waals surface area contributed by atoms with E-state index in [1.165, 1.54) is 37.9 Å². The van der Waals surface area contributed by atoms with Crippen LogP contribution in [0.15, 0.2) is 22.9 Å². The largest absolute Gasteiger partial charge is 0.368 e. The van der Waals surface area contributed by atoms with E-state index >= 15 is 0 Å². The summed E-state index contributed by atoms with van der Waals surface area (Å²) in [6.45, 7) is 3.45. The Labute approximate surface area is 99.8 Å². The van der Waals surface area contributed by atoms with Gasteiger partial charge in [-0.05, 0) is 41.3 Å². The van der Waals surface area contributed by atoms with E-state index in [4.69, 9.17) is 0 Å². The highest BCUT2D eigenvalue weighted by Gasteiger charge is 2.24. The smallest absolute Gasteiger partial charge is 0.0592 e. The number of anilines is 1. The molecule has 2 nitrogen and oxygen atoms in total. The summed E-state index contributed by atoms with van der Waals surface area (Å²) in [5, 5.41) is 0. The van der Waals surface area contributed by atoms with E-state index in [9.17, 15) is 0 Å². The minimum atomic E-state index is 0.730. The Morgan fingerprint density at radius 3 is 3.20 bits per heavy atom. The second-order valence-corrected chi connectivity index (χ2v) is 4.96. The number of nitrogens with zero attached hydrogens (tertiary/aromatic N) is 2. The van der Waals surface area contributed by atoms with Crippen LogP contribution in [0.3, 0.4) is 0 Å². The van der Waals surface area contributed by atoms with E-state index < -0.39 is 0 Å². The normalized spacial score (nSPS) is 20.9. The molecular formula is C12H17BrN2. The molecule has 0 aliphatic carbocycles. The van der Waals surface area contributed by atoms with Crippen LogP contribution in [0.2, 0.25) is 0 Å². The second kappa shape index (κ2) is 4.97. The highest BCUT2D eigenvalue weighted by atomic mass is 79.9. The van der Waals surface area contributed by atoms with Gasteiger partial charge in [-0.15, -0.1) is 0 Å². The molecule has 0 saturated carbocycles.